The van der Waals surface area contributed by atoms with E-state index < -0.39 is 0 Å². The van der Waals surface area contributed by atoms with Gasteiger partial charge in [-0.1, -0.05) is 18.2 Å². The zero-order valence-corrected chi connectivity index (χ0v) is 9.36. The molecule has 0 aliphatic rings. The molecule has 16 heavy (non-hydrogen) atoms. The normalized spacial score (nSPS) is 9.88. The first-order valence-electron chi connectivity index (χ1n) is 5.03. The van der Waals surface area contributed by atoms with Crippen LogP contribution >= 0.6 is 0 Å². The van der Waals surface area contributed by atoms with Crippen molar-refractivity contribution in [3.05, 3.63) is 48.5 Å². The van der Waals surface area contributed by atoms with Crippen LogP contribution < -0.4 is 9.47 Å². The van der Waals surface area contributed by atoms with Gasteiger partial charge in [-0.3, -0.25) is 0 Å². The summed E-state index contributed by atoms with van der Waals surface area (Å²) in [5.41, 5.74) is 2.08. The van der Waals surface area contributed by atoms with E-state index in [0.717, 1.165) is 22.6 Å². The highest BCUT2D eigenvalue weighted by Gasteiger charge is 2.05. The standard InChI is InChI=1S/C14H13O2/c1-15-12-7-5-6-11(10-12)13-8-3-4-9-14(13)16-2/h4-10H,1-2H3. The smallest absolute Gasteiger partial charge is 0.126 e. The molecular weight excluding hydrogens is 200 g/mol. The fourth-order valence-corrected chi connectivity index (χ4v) is 1.61. The first-order valence-corrected chi connectivity index (χ1v) is 5.03. The predicted molar refractivity (Wildman–Crippen MR) is 63.8 cm³/mol. The molecule has 2 nitrogen and oxygen atoms in total. The van der Waals surface area contributed by atoms with Crippen molar-refractivity contribution in [2.45, 2.75) is 0 Å². The Bertz CT molecular complexity index is 478. The molecule has 0 atom stereocenters. The molecule has 2 aromatic rings. The van der Waals surface area contributed by atoms with E-state index in [2.05, 4.69) is 6.07 Å². The Morgan fingerprint density at radius 3 is 2.69 bits per heavy atom. The third kappa shape index (κ3) is 2.01. The molecule has 0 N–H and O–H groups in total. The molecule has 0 aliphatic carbocycles. The van der Waals surface area contributed by atoms with E-state index in [1.807, 2.05) is 42.5 Å². The first kappa shape index (κ1) is 10.6. The second-order valence-electron chi connectivity index (χ2n) is 3.36. The molecule has 0 heterocycles. The summed E-state index contributed by atoms with van der Waals surface area (Å²) in [4.78, 5) is 0. The number of hydrogen-bond acceptors (Lipinski definition) is 2. The Morgan fingerprint density at radius 1 is 1.06 bits per heavy atom. The van der Waals surface area contributed by atoms with E-state index in [4.69, 9.17) is 9.47 Å². The molecule has 0 aromatic heterocycles. The van der Waals surface area contributed by atoms with Crippen LogP contribution in [0.25, 0.3) is 11.1 Å². The van der Waals surface area contributed by atoms with Gasteiger partial charge in [-0.25, -0.2) is 0 Å². The second kappa shape index (κ2) is 4.71. The molecule has 0 spiro atoms. The number of benzene rings is 2. The zero-order valence-electron chi connectivity index (χ0n) is 9.36. The minimum absolute atomic E-state index is 0.836. The van der Waals surface area contributed by atoms with Gasteiger partial charge in [0.25, 0.3) is 0 Å². The van der Waals surface area contributed by atoms with Crippen molar-refractivity contribution in [1.29, 1.82) is 0 Å². The van der Waals surface area contributed by atoms with E-state index in [0.29, 0.717) is 0 Å². The molecule has 0 saturated heterocycles. The summed E-state index contributed by atoms with van der Waals surface area (Å²) in [5.74, 6) is 1.68. The quantitative estimate of drug-likeness (QED) is 0.779. The van der Waals surface area contributed by atoms with Crippen LogP contribution in [0, 0.1) is 6.07 Å². The summed E-state index contributed by atoms with van der Waals surface area (Å²) >= 11 is 0. The van der Waals surface area contributed by atoms with Crippen LogP contribution in [-0.4, -0.2) is 14.2 Å². The number of ether oxygens (including phenoxy) is 2. The predicted octanol–water partition coefficient (Wildman–Crippen LogP) is 3.17. The molecule has 0 amide bonds. The summed E-state index contributed by atoms with van der Waals surface area (Å²) in [7, 11) is 3.33. The van der Waals surface area contributed by atoms with Crippen LogP contribution in [0.15, 0.2) is 42.5 Å². The van der Waals surface area contributed by atoms with Crippen LogP contribution in [0.2, 0.25) is 0 Å². The lowest BCUT2D eigenvalue weighted by atomic mass is 10.0. The molecule has 0 unspecified atom stereocenters. The molecule has 2 heteroatoms. The summed E-state index contributed by atoms with van der Waals surface area (Å²) in [6.45, 7) is 0. The van der Waals surface area contributed by atoms with Gasteiger partial charge in [0.1, 0.15) is 11.5 Å². The first-order chi connectivity index (χ1) is 7.85. The highest BCUT2D eigenvalue weighted by molar-refractivity contribution is 5.71. The maximum Gasteiger partial charge on any atom is 0.126 e. The third-order valence-corrected chi connectivity index (χ3v) is 2.42. The Hall–Kier alpha value is -1.96. The van der Waals surface area contributed by atoms with Crippen LogP contribution in [-0.2, 0) is 0 Å². The van der Waals surface area contributed by atoms with E-state index >= 15 is 0 Å². The van der Waals surface area contributed by atoms with Gasteiger partial charge in [0.05, 0.1) is 14.2 Å². The Balaban J connectivity index is 2.49. The fourth-order valence-electron chi connectivity index (χ4n) is 1.61. The van der Waals surface area contributed by atoms with Gasteiger partial charge in [-0.2, -0.15) is 0 Å². The van der Waals surface area contributed by atoms with Crippen LogP contribution in [0.3, 0.4) is 0 Å². The molecule has 2 aromatic carbocycles. The van der Waals surface area contributed by atoms with E-state index in [-0.39, 0.29) is 0 Å². The minimum atomic E-state index is 0.836. The van der Waals surface area contributed by atoms with Crippen molar-refractivity contribution in [2.75, 3.05) is 14.2 Å². The maximum atomic E-state index is 5.31. The Kier molecular flexibility index (Phi) is 3.10. The lowest BCUT2D eigenvalue weighted by Gasteiger charge is -2.09. The molecule has 81 valence electrons. The topological polar surface area (TPSA) is 18.5 Å². The van der Waals surface area contributed by atoms with Crippen LogP contribution in [0.1, 0.15) is 0 Å². The van der Waals surface area contributed by atoms with Crippen molar-refractivity contribution in [3.63, 3.8) is 0 Å². The minimum Gasteiger partial charge on any atom is -0.497 e. The molecule has 0 fully saturated rings. The van der Waals surface area contributed by atoms with Gasteiger partial charge in [-0.05, 0) is 35.9 Å². The molecule has 0 aliphatic heterocycles. The largest absolute Gasteiger partial charge is 0.497 e. The molecular formula is C14H13O2. The number of rotatable bonds is 3. The van der Waals surface area contributed by atoms with Crippen LogP contribution in [0.4, 0.5) is 0 Å². The van der Waals surface area contributed by atoms with Crippen molar-refractivity contribution in [1.82, 2.24) is 0 Å². The summed E-state index contributed by atoms with van der Waals surface area (Å²) in [6.07, 6.45) is 0. The van der Waals surface area contributed by atoms with E-state index in [1.165, 1.54) is 0 Å². The molecule has 2 rings (SSSR count). The van der Waals surface area contributed by atoms with Gasteiger partial charge >= 0.3 is 0 Å². The van der Waals surface area contributed by atoms with E-state index in [9.17, 15) is 0 Å². The monoisotopic (exact) mass is 213 g/mol. The maximum absolute atomic E-state index is 5.31. The van der Waals surface area contributed by atoms with Crippen LogP contribution in [0.5, 0.6) is 11.5 Å². The second-order valence-corrected chi connectivity index (χ2v) is 3.36. The summed E-state index contributed by atoms with van der Waals surface area (Å²) < 4.78 is 10.5. The van der Waals surface area contributed by atoms with Crippen molar-refractivity contribution in [2.24, 2.45) is 0 Å². The molecule has 1 radical (unpaired) electrons. The fraction of sp³-hybridized carbons (Fsp3) is 0.143. The number of hydrogen-bond donors (Lipinski definition) is 0. The molecule has 0 saturated carbocycles. The van der Waals surface area contributed by atoms with Gasteiger partial charge in [0.15, 0.2) is 0 Å². The van der Waals surface area contributed by atoms with Crippen molar-refractivity contribution >= 4 is 0 Å². The highest BCUT2D eigenvalue weighted by atomic mass is 16.5. The summed E-state index contributed by atoms with van der Waals surface area (Å²) in [6, 6.07) is 16.6. The van der Waals surface area contributed by atoms with Crippen molar-refractivity contribution in [3.8, 4) is 22.6 Å². The van der Waals surface area contributed by atoms with Gasteiger partial charge < -0.3 is 9.47 Å². The Morgan fingerprint density at radius 2 is 1.94 bits per heavy atom. The Labute approximate surface area is 95.4 Å². The third-order valence-electron chi connectivity index (χ3n) is 2.42. The average Bonchev–Trinajstić information content (AvgIpc) is 2.38. The van der Waals surface area contributed by atoms with Crippen molar-refractivity contribution < 1.29 is 9.47 Å². The van der Waals surface area contributed by atoms with Gasteiger partial charge in [0.2, 0.25) is 0 Å². The SMILES string of the molecule is COc1cccc(-c2c[c]ccc2OC)c1. The summed E-state index contributed by atoms with van der Waals surface area (Å²) in [5, 5.41) is 0. The van der Waals surface area contributed by atoms with Gasteiger partial charge in [-0.15, -0.1) is 0 Å². The van der Waals surface area contributed by atoms with Gasteiger partial charge in [0, 0.05) is 5.56 Å². The van der Waals surface area contributed by atoms with E-state index in [1.54, 1.807) is 14.2 Å². The number of methoxy groups -OCH3 is 2. The lowest BCUT2D eigenvalue weighted by molar-refractivity contribution is 0.413. The lowest BCUT2D eigenvalue weighted by Crippen LogP contribution is -1.88. The molecule has 0 bridgehead atoms. The highest BCUT2D eigenvalue weighted by Crippen LogP contribution is 2.31. The zero-order chi connectivity index (χ0) is 11.4. The average molecular weight is 213 g/mol.